The summed E-state index contributed by atoms with van der Waals surface area (Å²) in [4.78, 5) is 11.2. The van der Waals surface area contributed by atoms with Crippen molar-refractivity contribution in [2.75, 3.05) is 19.8 Å². The van der Waals surface area contributed by atoms with Gasteiger partial charge in [0.1, 0.15) is 6.61 Å². The second-order valence-corrected chi connectivity index (χ2v) is 21.0. The smallest absolute Gasteiger partial charge is 0.333 e. The first-order chi connectivity index (χ1) is 10.7. The molecule has 0 bridgehead atoms. The highest BCUT2D eigenvalue weighted by Gasteiger charge is 2.39. The van der Waals surface area contributed by atoms with E-state index in [2.05, 4.69) is 52.4 Å². The quantitative estimate of drug-likeness (QED) is 0.215. The van der Waals surface area contributed by atoms with Crippen LogP contribution in [0, 0.1) is 0 Å². The molecule has 0 spiro atoms. The molecule has 0 radical (unpaired) electrons. The number of carbonyl (C=O) groups excluding carboxylic acids is 1. The molecule has 8 heteroatoms. The van der Waals surface area contributed by atoms with Gasteiger partial charge in [-0.15, -0.1) is 0 Å². The summed E-state index contributed by atoms with van der Waals surface area (Å²) in [6, 6.07) is 0.924. The van der Waals surface area contributed by atoms with Crippen LogP contribution in [0.15, 0.2) is 12.2 Å². The lowest BCUT2D eigenvalue weighted by molar-refractivity contribution is -0.140. The molecule has 0 aliphatic heterocycles. The van der Waals surface area contributed by atoms with E-state index in [1.807, 2.05) is 0 Å². The summed E-state index contributed by atoms with van der Waals surface area (Å²) in [6.07, 6.45) is 0.895. The van der Waals surface area contributed by atoms with Crippen LogP contribution in [0.3, 0.4) is 0 Å². The molecule has 0 heterocycles. The lowest BCUT2D eigenvalue weighted by atomic mass is 10.4. The summed E-state index contributed by atoms with van der Waals surface area (Å²) in [7, 11) is -5.46. The molecule has 0 aliphatic rings. The van der Waals surface area contributed by atoms with E-state index < -0.39 is 25.2 Å². The number of carbonyl (C=O) groups is 1. The van der Waals surface area contributed by atoms with E-state index in [1.165, 1.54) is 0 Å². The van der Waals surface area contributed by atoms with Crippen LogP contribution < -0.4 is 0 Å². The Labute approximate surface area is 151 Å². The van der Waals surface area contributed by atoms with Gasteiger partial charge in [0.25, 0.3) is 0 Å². The number of esters is 1. The predicted octanol–water partition coefficient (Wildman–Crippen LogP) is 4.29. The number of rotatable bonds is 12. The Kier molecular flexibility index (Phi) is 9.92. The van der Waals surface area contributed by atoms with E-state index in [0.29, 0.717) is 18.8 Å². The zero-order valence-electron chi connectivity index (χ0n) is 16.8. The van der Waals surface area contributed by atoms with E-state index in [9.17, 15) is 4.79 Å². The minimum absolute atomic E-state index is 0.261. The van der Waals surface area contributed by atoms with Gasteiger partial charge < -0.3 is 17.7 Å². The summed E-state index contributed by atoms with van der Waals surface area (Å²) >= 11 is 0. The molecule has 0 N–H and O–H groups in total. The van der Waals surface area contributed by atoms with Crippen molar-refractivity contribution in [1.82, 2.24) is 0 Å². The molecule has 0 amide bonds. The number of ether oxygens (including phenoxy) is 2. The van der Waals surface area contributed by atoms with Crippen molar-refractivity contribution in [1.29, 1.82) is 0 Å². The summed E-state index contributed by atoms with van der Waals surface area (Å²) in [5.74, 6) is -0.370. The molecule has 24 heavy (non-hydrogen) atoms. The van der Waals surface area contributed by atoms with E-state index in [4.69, 9.17) is 17.7 Å². The van der Waals surface area contributed by atoms with Gasteiger partial charge in [0, 0.05) is 12.2 Å². The summed E-state index contributed by atoms with van der Waals surface area (Å²) in [6.45, 7) is 21.9. The van der Waals surface area contributed by atoms with Gasteiger partial charge in [-0.25, -0.2) is 4.79 Å². The largest absolute Gasteiger partial charge is 0.460 e. The fourth-order valence-electron chi connectivity index (χ4n) is 2.33. The molecule has 0 aromatic rings. The minimum atomic E-state index is -2.18. The number of hydrogen-bond acceptors (Lipinski definition) is 5. The van der Waals surface area contributed by atoms with E-state index >= 15 is 0 Å². The minimum Gasteiger partial charge on any atom is -0.460 e. The van der Waals surface area contributed by atoms with Crippen molar-refractivity contribution in [3.63, 3.8) is 0 Å². The Bertz CT molecular complexity index is 397. The van der Waals surface area contributed by atoms with Gasteiger partial charge in [-0.1, -0.05) is 6.58 Å². The third-order valence-electron chi connectivity index (χ3n) is 2.77. The average molecular weight is 393 g/mol. The van der Waals surface area contributed by atoms with E-state index in [1.54, 1.807) is 6.92 Å². The Morgan fingerprint density at radius 3 is 1.79 bits per heavy atom. The molecule has 0 unspecified atom stereocenters. The Balaban J connectivity index is 4.20. The van der Waals surface area contributed by atoms with Gasteiger partial charge in [-0.2, -0.15) is 0 Å². The van der Waals surface area contributed by atoms with Crippen LogP contribution in [-0.4, -0.2) is 51.0 Å². The molecule has 0 rings (SSSR count). The Morgan fingerprint density at radius 2 is 1.38 bits per heavy atom. The molecule has 5 nitrogen and oxygen atoms in total. The maximum absolute atomic E-state index is 11.2. The van der Waals surface area contributed by atoms with Crippen LogP contribution in [0.2, 0.25) is 51.9 Å². The standard InChI is InChI=1S/C16H36O5Si3/c1-15(2)16(17)19-13-12-18-11-10-14-24(9,20-22(3,4)5)21-23(6,7)8/h1,10-14H2,2-9H3. The molecular weight excluding hydrogens is 356 g/mol. The van der Waals surface area contributed by atoms with Crippen molar-refractivity contribution >= 4 is 31.2 Å². The van der Waals surface area contributed by atoms with Crippen molar-refractivity contribution in [2.45, 2.75) is 65.2 Å². The summed E-state index contributed by atoms with van der Waals surface area (Å²) < 4.78 is 23.4. The van der Waals surface area contributed by atoms with E-state index in [-0.39, 0.29) is 12.6 Å². The Morgan fingerprint density at radius 1 is 0.875 bits per heavy atom. The molecule has 0 aliphatic carbocycles. The first-order valence-electron chi connectivity index (χ1n) is 8.55. The predicted molar refractivity (Wildman–Crippen MR) is 106 cm³/mol. The SMILES string of the molecule is C=C(C)C(=O)OCCOCCC[Si](C)(O[Si](C)(C)C)O[Si](C)(C)C. The molecule has 0 aromatic carbocycles. The summed E-state index contributed by atoms with van der Waals surface area (Å²) in [5.41, 5.74) is 0.406. The normalized spacial score (nSPS) is 13.0. The van der Waals surface area contributed by atoms with Crippen molar-refractivity contribution in [2.24, 2.45) is 0 Å². The highest BCUT2D eigenvalue weighted by Crippen LogP contribution is 2.25. The third kappa shape index (κ3) is 13.1. The van der Waals surface area contributed by atoms with Gasteiger partial charge in [0.05, 0.1) is 6.61 Å². The van der Waals surface area contributed by atoms with Crippen LogP contribution in [0.1, 0.15) is 13.3 Å². The zero-order valence-corrected chi connectivity index (χ0v) is 19.8. The second-order valence-electron chi connectivity index (χ2n) is 8.19. The molecular formula is C16H36O5Si3. The number of hydrogen-bond donors (Lipinski definition) is 0. The van der Waals surface area contributed by atoms with Crippen LogP contribution in [0.4, 0.5) is 0 Å². The zero-order chi connectivity index (χ0) is 19.0. The Hall–Kier alpha value is -0.259. The maximum atomic E-state index is 11.2. The molecule has 142 valence electrons. The summed E-state index contributed by atoms with van der Waals surface area (Å²) in [5, 5.41) is 0. The van der Waals surface area contributed by atoms with Crippen LogP contribution in [-0.2, 0) is 22.5 Å². The van der Waals surface area contributed by atoms with Gasteiger partial charge in [-0.05, 0) is 65.2 Å². The second kappa shape index (κ2) is 10.0. The molecule has 0 atom stereocenters. The molecule has 0 saturated heterocycles. The molecule has 0 aromatic heterocycles. The third-order valence-corrected chi connectivity index (χ3v) is 12.4. The fraction of sp³-hybridized carbons (Fsp3) is 0.812. The lowest BCUT2D eigenvalue weighted by Crippen LogP contribution is -2.52. The highest BCUT2D eigenvalue weighted by atomic mass is 28.5. The fourth-order valence-corrected chi connectivity index (χ4v) is 14.8. The average Bonchev–Trinajstić information content (AvgIpc) is 2.32. The lowest BCUT2D eigenvalue weighted by Gasteiger charge is -2.38. The molecule has 0 fully saturated rings. The van der Waals surface area contributed by atoms with Crippen molar-refractivity contribution < 1.29 is 22.5 Å². The molecule has 0 saturated carbocycles. The van der Waals surface area contributed by atoms with Gasteiger partial charge in [0.2, 0.25) is 0 Å². The van der Waals surface area contributed by atoms with E-state index in [0.717, 1.165) is 12.5 Å². The first-order valence-corrected chi connectivity index (χ1v) is 17.9. The highest BCUT2D eigenvalue weighted by molar-refractivity contribution is 6.87. The van der Waals surface area contributed by atoms with Gasteiger partial charge in [-0.3, -0.25) is 0 Å². The van der Waals surface area contributed by atoms with Gasteiger partial charge >= 0.3 is 14.5 Å². The van der Waals surface area contributed by atoms with Crippen molar-refractivity contribution in [3.8, 4) is 0 Å². The van der Waals surface area contributed by atoms with Crippen molar-refractivity contribution in [3.05, 3.63) is 12.2 Å². The van der Waals surface area contributed by atoms with Crippen LogP contribution >= 0.6 is 0 Å². The first kappa shape index (κ1) is 23.7. The maximum Gasteiger partial charge on any atom is 0.333 e. The van der Waals surface area contributed by atoms with Crippen LogP contribution in [0.5, 0.6) is 0 Å². The van der Waals surface area contributed by atoms with Crippen LogP contribution in [0.25, 0.3) is 0 Å². The topological polar surface area (TPSA) is 54.0 Å². The van der Waals surface area contributed by atoms with Gasteiger partial charge in [0.15, 0.2) is 16.6 Å². The monoisotopic (exact) mass is 392 g/mol.